The van der Waals surface area contributed by atoms with Gasteiger partial charge >= 0.3 is 5.91 Å². The molecule has 1 unspecified atom stereocenters. The van der Waals surface area contributed by atoms with Gasteiger partial charge < -0.3 is 14.6 Å². The van der Waals surface area contributed by atoms with Crippen LogP contribution in [-0.2, 0) is 9.59 Å². The molecule has 2 heterocycles. The zero-order chi connectivity index (χ0) is 26.1. The maximum absolute atomic E-state index is 13.5. The van der Waals surface area contributed by atoms with Crippen molar-refractivity contribution in [3.8, 4) is 11.5 Å². The summed E-state index contributed by atoms with van der Waals surface area (Å²) in [7, 11) is 1.55. The van der Waals surface area contributed by atoms with Crippen molar-refractivity contribution >= 4 is 44.1 Å². The van der Waals surface area contributed by atoms with Gasteiger partial charge in [-0.15, -0.1) is 0 Å². The van der Waals surface area contributed by atoms with E-state index in [0.717, 1.165) is 22.2 Å². The number of nitrogens with zero attached hydrogens (tertiary/aromatic N) is 2. The molecule has 0 radical (unpaired) electrons. The van der Waals surface area contributed by atoms with E-state index in [0.29, 0.717) is 34.4 Å². The molecule has 7 nitrogen and oxygen atoms in total. The van der Waals surface area contributed by atoms with Gasteiger partial charge in [0.1, 0.15) is 17.3 Å². The topological polar surface area (TPSA) is 89.0 Å². The first-order chi connectivity index (χ1) is 17.9. The molecular formula is C29H26N2O5S. The number of carbonyl (C=O) groups is 2. The van der Waals surface area contributed by atoms with Crippen LogP contribution in [0.5, 0.6) is 11.5 Å². The van der Waals surface area contributed by atoms with Crippen molar-refractivity contribution < 1.29 is 24.2 Å². The average Bonchev–Trinajstić information content (AvgIpc) is 3.44. The number of hydrogen-bond acceptors (Lipinski definition) is 7. The third-order valence-electron chi connectivity index (χ3n) is 6.19. The number of benzene rings is 3. The number of methoxy groups -OCH3 is 1. The van der Waals surface area contributed by atoms with Gasteiger partial charge in [0.05, 0.1) is 35.5 Å². The van der Waals surface area contributed by atoms with Crippen LogP contribution in [0.25, 0.3) is 16.0 Å². The lowest BCUT2D eigenvalue weighted by molar-refractivity contribution is -0.132. The Labute approximate surface area is 218 Å². The van der Waals surface area contributed by atoms with Gasteiger partial charge in [-0.1, -0.05) is 36.5 Å². The number of fused-ring (bicyclic) bond motifs is 1. The molecule has 1 N–H and O–H groups in total. The largest absolute Gasteiger partial charge is 0.507 e. The summed E-state index contributed by atoms with van der Waals surface area (Å²) in [5.74, 6) is -0.539. The zero-order valence-electron chi connectivity index (χ0n) is 20.7. The Morgan fingerprint density at radius 1 is 1.05 bits per heavy atom. The van der Waals surface area contributed by atoms with Gasteiger partial charge in [0, 0.05) is 5.56 Å². The number of Topliss-reactive ketones (excluding diaryl/α,β-unsaturated/α-hetero) is 1. The zero-order valence-corrected chi connectivity index (χ0v) is 21.5. The van der Waals surface area contributed by atoms with Crippen LogP contribution in [0.1, 0.15) is 36.1 Å². The fourth-order valence-electron chi connectivity index (χ4n) is 4.37. The lowest BCUT2D eigenvalue weighted by Crippen LogP contribution is -2.29. The van der Waals surface area contributed by atoms with E-state index >= 15 is 0 Å². The standard InChI is InChI=1S/C29H26N2O5S/c1-4-14-36-21-7-5-6-19(16-21)25-24(26(32)18-9-11-20(35-3)12-10-18)27(33)28(34)31(25)29-30-22-13-8-17(2)15-23(22)37-29/h5-13,15-16,25,32H,4,14H2,1-3H3/b26-24+. The molecule has 0 bridgehead atoms. The Kier molecular flexibility index (Phi) is 6.67. The first-order valence-electron chi connectivity index (χ1n) is 12.0. The fraction of sp³-hybridized carbons (Fsp3) is 0.207. The van der Waals surface area contributed by atoms with Crippen molar-refractivity contribution in [1.82, 2.24) is 4.98 Å². The van der Waals surface area contributed by atoms with E-state index in [4.69, 9.17) is 9.47 Å². The molecule has 1 aromatic heterocycles. The molecular weight excluding hydrogens is 488 g/mol. The molecule has 0 spiro atoms. The van der Waals surface area contributed by atoms with Gasteiger partial charge in [-0.25, -0.2) is 4.98 Å². The smallest absolute Gasteiger partial charge is 0.301 e. The maximum Gasteiger partial charge on any atom is 0.301 e. The minimum absolute atomic E-state index is 0.00162. The predicted octanol–water partition coefficient (Wildman–Crippen LogP) is 6.03. The molecule has 0 saturated carbocycles. The molecule has 4 aromatic rings. The van der Waals surface area contributed by atoms with Crippen LogP contribution < -0.4 is 14.4 Å². The van der Waals surface area contributed by atoms with Crippen LogP contribution in [0.3, 0.4) is 0 Å². The normalized spacial score (nSPS) is 16.9. The third-order valence-corrected chi connectivity index (χ3v) is 7.21. The summed E-state index contributed by atoms with van der Waals surface area (Å²) >= 11 is 1.34. The lowest BCUT2D eigenvalue weighted by Gasteiger charge is -2.23. The monoisotopic (exact) mass is 514 g/mol. The van der Waals surface area contributed by atoms with Crippen LogP contribution in [0.15, 0.2) is 72.3 Å². The summed E-state index contributed by atoms with van der Waals surface area (Å²) in [5.41, 5.74) is 2.85. The number of rotatable bonds is 7. The molecule has 1 amide bonds. The number of aliphatic hydroxyl groups is 1. The Hall–Kier alpha value is -4.17. The van der Waals surface area contributed by atoms with E-state index in [2.05, 4.69) is 4.98 Å². The van der Waals surface area contributed by atoms with E-state index < -0.39 is 17.7 Å². The highest BCUT2D eigenvalue weighted by atomic mass is 32.1. The second-order valence-electron chi connectivity index (χ2n) is 8.79. The lowest BCUT2D eigenvalue weighted by atomic mass is 9.95. The SMILES string of the molecule is CCCOc1cccc(C2/C(=C(\O)c3ccc(OC)cc3)C(=O)C(=O)N2c2nc3ccc(C)cc3s2)c1. The summed E-state index contributed by atoms with van der Waals surface area (Å²) in [6, 6.07) is 18.9. The van der Waals surface area contributed by atoms with Crippen molar-refractivity contribution in [2.75, 3.05) is 18.6 Å². The Bertz CT molecular complexity index is 1520. The molecule has 188 valence electrons. The molecule has 1 aliphatic rings. The van der Waals surface area contributed by atoms with Crippen LogP contribution in [0.2, 0.25) is 0 Å². The average molecular weight is 515 g/mol. The molecule has 1 aliphatic heterocycles. The summed E-state index contributed by atoms with van der Waals surface area (Å²) in [4.78, 5) is 33.0. The summed E-state index contributed by atoms with van der Waals surface area (Å²) in [6.45, 7) is 4.54. The quantitative estimate of drug-likeness (QED) is 0.184. The number of ether oxygens (including phenoxy) is 2. The highest BCUT2D eigenvalue weighted by molar-refractivity contribution is 7.22. The number of carbonyl (C=O) groups excluding carboxylic acids is 2. The van der Waals surface area contributed by atoms with Crippen LogP contribution in [0, 0.1) is 6.92 Å². The first-order valence-corrected chi connectivity index (χ1v) is 12.8. The van der Waals surface area contributed by atoms with E-state index in [1.54, 1.807) is 37.4 Å². The molecule has 1 saturated heterocycles. The Morgan fingerprint density at radius 2 is 1.84 bits per heavy atom. The predicted molar refractivity (Wildman–Crippen MR) is 144 cm³/mol. The molecule has 5 rings (SSSR count). The second-order valence-corrected chi connectivity index (χ2v) is 9.80. The number of ketones is 1. The fourth-order valence-corrected chi connectivity index (χ4v) is 5.46. The number of amides is 1. The summed E-state index contributed by atoms with van der Waals surface area (Å²) in [6.07, 6.45) is 0.839. The van der Waals surface area contributed by atoms with Crippen molar-refractivity contribution in [1.29, 1.82) is 0 Å². The van der Waals surface area contributed by atoms with Crippen LogP contribution >= 0.6 is 11.3 Å². The number of aryl methyl sites for hydroxylation is 1. The highest BCUT2D eigenvalue weighted by Gasteiger charge is 2.48. The molecule has 8 heteroatoms. The van der Waals surface area contributed by atoms with E-state index in [-0.39, 0.29) is 11.3 Å². The van der Waals surface area contributed by atoms with Gasteiger partial charge in [-0.05, 0) is 73.0 Å². The third kappa shape index (κ3) is 4.56. The van der Waals surface area contributed by atoms with Gasteiger partial charge in [0.2, 0.25) is 0 Å². The van der Waals surface area contributed by atoms with Crippen molar-refractivity contribution in [3.05, 3.63) is 89.0 Å². The van der Waals surface area contributed by atoms with Crippen molar-refractivity contribution in [2.24, 2.45) is 0 Å². The molecule has 3 aromatic carbocycles. The molecule has 1 atom stereocenters. The minimum Gasteiger partial charge on any atom is -0.507 e. The maximum atomic E-state index is 13.5. The van der Waals surface area contributed by atoms with Gasteiger partial charge in [-0.2, -0.15) is 0 Å². The molecule has 1 fully saturated rings. The van der Waals surface area contributed by atoms with Gasteiger partial charge in [-0.3, -0.25) is 14.5 Å². The molecule has 37 heavy (non-hydrogen) atoms. The summed E-state index contributed by atoms with van der Waals surface area (Å²) in [5, 5.41) is 11.7. The Morgan fingerprint density at radius 3 is 2.57 bits per heavy atom. The summed E-state index contributed by atoms with van der Waals surface area (Å²) < 4.78 is 11.9. The highest BCUT2D eigenvalue weighted by Crippen LogP contribution is 2.45. The number of thiazole rings is 1. The van der Waals surface area contributed by atoms with E-state index in [9.17, 15) is 14.7 Å². The van der Waals surface area contributed by atoms with Crippen molar-refractivity contribution in [3.63, 3.8) is 0 Å². The van der Waals surface area contributed by atoms with Gasteiger partial charge in [0.25, 0.3) is 5.78 Å². The minimum atomic E-state index is -0.881. The van der Waals surface area contributed by atoms with Gasteiger partial charge in [0.15, 0.2) is 5.13 Å². The Balaban J connectivity index is 1.69. The number of aromatic nitrogens is 1. The number of hydrogen-bond donors (Lipinski definition) is 1. The molecule has 0 aliphatic carbocycles. The number of anilines is 1. The van der Waals surface area contributed by atoms with Crippen molar-refractivity contribution in [2.45, 2.75) is 26.3 Å². The first kappa shape index (κ1) is 24.5. The van der Waals surface area contributed by atoms with E-state index in [1.807, 2.05) is 50.2 Å². The van der Waals surface area contributed by atoms with Crippen LogP contribution in [0.4, 0.5) is 5.13 Å². The number of aliphatic hydroxyl groups excluding tert-OH is 1. The second kappa shape index (κ2) is 10.1. The van der Waals surface area contributed by atoms with E-state index in [1.165, 1.54) is 16.2 Å². The van der Waals surface area contributed by atoms with Crippen LogP contribution in [-0.4, -0.2) is 35.5 Å².